The molecule has 2 rings (SSSR count). The van der Waals surface area contributed by atoms with Gasteiger partial charge in [-0.3, -0.25) is 4.79 Å². The summed E-state index contributed by atoms with van der Waals surface area (Å²) in [4.78, 5) is 10.7. The summed E-state index contributed by atoms with van der Waals surface area (Å²) in [5, 5.41) is 12.9. The van der Waals surface area contributed by atoms with Crippen molar-refractivity contribution in [1.29, 1.82) is 0 Å². The molecule has 2 N–H and O–H groups in total. The topological polar surface area (TPSA) is 62.5 Å². The van der Waals surface area contributed by atoms with Gasteiger partial charge in [0.25, 0.3) is 0 Å². The molecule has 0 aliphatic rings. The lowest BCUT2D eigenvalue weighted by Crippen LogP contribution is -2.25. The summed E-state index contributed by atoms with van der Waals surface area (Å²) >= 11 is 3.41. The monoisotopic (exact) mass is 311 g/mol. The van der Waals surface area contributed by atoms with Gasteiger partial charge in [-0.05, 0) is 24.3 Å². The van der Waals surface area contributed by atoms with Crippen molar-refractivity contribution in [2.75, 3.05) is 6.54 Å². The average molecular weight is 312 g/mol. The highest BCUT2D eigenvalue weighted by molar-refractivity contribution is 9.10. The zero-order valence-electron chi connectivity index (χ0n) is 9.94. The third-order valence-corrected chi connectivity index (χ3v) is 3.19. The number of carbonyl (C=O) groups is 1. The number of halogens is 1. The maximum absolute atomic E-state index is 10.7. The summed E-state index contributed by atoms with van der Waals surface area (Å²) in [6.07, 6.45) is 0. The first-order valence-electron chi connectivity index (χ1n) is 5.68. The molecule has 0 bridgehead atoms. The Morgan fingerprint density at radius 3 is 3.00 bits per heavy atom. The van der Waals surface area contributed by atoms with Crippen LogP contribution in [0.4, 0.5) is 0 Å². The van der Waals surface area contributed by atoms with Crippen LogP contribution in [0.15, 0.2) is 33.2 Å². The highest BCUT2D eigenvalue weighted by Gasteiger charge is 2.10. The predicted molar refractivity (Wildman–Crippen MR) is 72.4 cm³/mol. The maximum Gasteiger partial charge on any atom is 0.307 e. The first-order valence-corrected chi connectivity index (χ1v) is 6.47. The minimum atomic E-state index is -0.795. The van der Waals surface area contributed by atoms with Crippen molar-refractivity contribution in [2.45, 2.75) is 13.5 Å². The number of carboxylic acid groups (broad SMARTS) is 1. The molecule has 0 spiro atoms. The standard InChI is InChI=1S/C13H14BrNO3/c1-8(13(16)17)6-15-7-11-5-9-4-10(14)2-3-12(9)18-11/h2-5,8,15H,6-7H2,1H3,(H,16,17). The Morgan fingerprint density at radius 2 is 2.28 bits per heavy atom. The Morgan fingerprint density at radius 1 is 1.50 bits per heavy atom. The van der Waals surface area contributed by atoms with Crippen LogP contribution in [0, 0.1) is 5.92 Å². The molecular formula is C13H14BrNO3. The molecule has 0 saturated heterocycles. The van der Waals surface area contributed by atoms with Crippen LogP contribution in [0.3, 0.4) is 0 Å². The number of hydrogen-bond donors (Lipinski definition) is 2. The average Bonchev–Trinajstić information content (AvgIpc) is 2.70. The number of benzene rings is 1. The molecule has 1 unspecified atom stereocenters. The van der Waals surface area contributed by atoms with Crippen LogP contribution in [0.1, 0.15) is 12.7 Å². The highest BCUT2D eigenvalue weighted by atomic mass is 79.9. The minimum Gasteiger partial charge on any atom is -0.481 e. The van der Waals surface area contributed by atoms with Crippen LogP contribution in [0.25, 0.3) is 11.0 Å². The van der Waals surface area contributed by atoms with Crippen molar-refractivity contribution in [2.24, 2.45) is 5.92 Å². The number of rotatable bonds is 5. The van der Waals surface area contributed by atoms with E-state index in [0.29, 0.717) is 13.1 Å². The molecule has 0 fully saturated rings. The number of aliphatic carboxylic acids is 1. The molecule has 1 atom stereocenters. The normalized spacial score (nSPS) is 12.8. The summed E-state index contributed by atoms with van der Waals surface area (Å²) < 4.78 is 6.64. The van der Waals surface area contributed by atoms with Crippen LogP contribution >= 0.6 is 15.9 Å². The van der Waals surface area contributed by atoms with Crippen LogP contribution in [0.5, 0.6) is 0 Å². The molecule has 18 heavy (non-hydrogen) atoms. The van der Waals surface area contributed by atoms with E-state index in [0.717, 1.165) is 21.2 Å². The number of fused-ring (bicyclic) bond motifs is 1. The molecule has 2 aromatic rings. The molecule has 4 nitrogen and oxygen atoms in total. The van der Waals surface area contributed by atoms with Gasteiger partial charge in [0.1, 0.15) is 11.3 Å². The summed E-state index contributed by atoms with van der Waals surface area (Å²) in [6, 6.07) is 7.78. The molecule has 1 aromatic carbocycles. The lowest BCUT2D eigenvalue weighted by atomic mass is 10.2. The van der Waals surface area contributed by atoms with E-state index < -0.39 is 11.9 Å². The SMILES string of the molecule is CC(CNCc1cc2cc(Br)ccc2o1)C(=O)O. The van der Waals surface area contributed by atoms with Gasteiger partial charge in [0.2, 0.25) is 0 Å². The van der Waals surface area contributed by atoms with Crippen molar-refractivity contribution >= 4 is 32.9 Å². The highest BCUT2D eigenvalue weighted by Crippen LogP contribution is 2.23. The van der Waals surface area contributed by atoms with Gasteiger partial charge < -0.3 is 14.8 Å². The number of furan rings is 1. The van der Waals surface area contributed by atoms with E-state index in [1.54, 1.807) is 6.92 Å². The van der Waals surface area contributed by atoms with Gasteiger partial charge in [-0.1, -0.05) is 22.9 Å². The third-order valence-electron chi connectivity index (χ3n) is 2.70. The first kappa shape index (κ1) is 13.1. The molecule has 5 heteroatoms. The Kier molecular flexibility index (Phi) is 4.04. The zero-order chi connectivity index (χ0) is 13.1. The second-order valence-corrected chi connectivity index (χ2v) is 5.18. The fourth-order valence-electron chi connectivity index (χ4n) is 1.66. The van der Waals surface area contributed by atoms with Crippen molar-refractivity contribution in [3.63, 3.8) is 0 Å². The maximum atomic E-state index is 10.7. The largest absolute Gasteiger partial charge is 0.481 e. The van der Waals surface area contributed by atoms with Gasteiger partial charge in [-0.15, -0.1) is 0 Å². The van der Waals surface area contributed by atoms with Gasteiger partial charge in [-0.25, -0.2) is 0 Å². The summed E-state index contributed by atoms with van der Waals surface area (Å²) in [7, 11) is 0. The van der Waals surface area contributed by atoms with Crippen molar-refractivity contribution < 1.29 is 14.3 Å². The third kappa shape index (κ3) is 3.11. The van der Waals surface area contributed by atoms with E-state index in [1.807, 2.05) is 24.3 Å². The summed E-state index contributed by atoms with van der Waals surface area (Å²) in [6.45, 7) is 2.63. The lowest BCUT2D eigenvalue weighted by molar-refractivity contribution is -0.140. The molecule has 0 aliphatic heterocycles. The van der Waals surface area contributed by atoms with E-state index in [1.165, 1.54) is 0 Å². The Balaban J connectivity index is 1.98. The molecule has 0 saturated carbocycles. The second kappa shape index (κ2) is 5.54. The minimum absolute atomic E-state index is 0.400. The fraction of sp³-hybridized carbons (Fsp3) is 0.308. The van der Waals surface area contributed by atoms with Crippen LogP contribution in [-0.4, -0.2) is 17.6 Å². The van der Waals surface area contributed by atoms with Crippen molar-refractivity contribution in [1.82, 2.24) is 5.32 Å². The molecule has 0 aliphatic carbocycles. The van der Waals surface area contributed by atoms with Crippen molar-refractivity contribution in [3.8, 4) is 0 Å². The lowest BCUT2D eigenvalue weighted by Gasteiger charge is -2.06. The number of carboxylic acids is 1. The van der Waals surface area contributed by atoms with Gasteiger partial charge in [0.05, 0.1) is 12.5 Å². The number of nitrogens with one attached hydrogen (secondary N) is 1. The molecule has 0 radical (unpaired) electrons. The number of hydrogen-bond acceptors (Lipinski definition) is 3. The Hall–Kier alpha value is -1.33. The van der Waals surface area contributed by atoms with Crippen LogP contribution in [0.2, 0.25) is 0 Å². The van der Waals surface area contributed by atoms with Crippen molar-refractivity contribution in [3.05, 3.63) is 34.5 Å². The zero-order valence-corrected chi connectivity index (χ0v) is 11.5. The molecular weight excluding hydrogens is 298 g/mol. The smallest absolute Gasteiger partial charge is 0.307 e. The molecule has 0 amide bonds. The molecule has 96 valence electrons. The van der Waals surface area contributed by atoms with Gasteiger partial charge >= 0.3 is 5.97 Å². The first-order chi connectivity index (χ1) is 8.56. The van der Waals surface area contributed by atoms with E-state index >= 15 is 0 Å². The molecule has 1 aromatic heterocycles. The summed E-state index contributed by atoms with van der Waals surface area (Å²) in [5.74, 6) is -0.389. The van der Waals surface area contributed by atoms with Gasteiger partial charge in [0, 0.05) is 16.4 Å². The van der Waals surface area contributed by atoms with E-state index in [2.05, 4.69) is 21.2 Å². The summed E-state index contributed by atoms with van der Waals surface area (Å²) in [5.41, 5.74) is 0.835. The van der Waals surface area contributed by atoms with Gasteiger partial charge in [0.15, 0.2) is 0 Å². The Bertz CT molecular complexity index is 564. The second-order valence-electron chi connectivity index (χ2n) is 4.27. The Labute approximate surface area is 113 Å². The quantitative estimate of drug-likeness (QED) is 0.891. The predicted octanol–water partition coefficient (Wildman–Crippen LogP) is 3.01. The van der Waals surface area contributed by atoms with E-state index in [4.69, 9.17) is 9.52 Å². The van der Waals surface area contributed by atoms with E-state index in [9.17, 15) is 4.79 Å². The molecule has 1 heterocycles. The van der Waals surface area contributed by atoms with Crippen LogP contribution in [-0.2, 0) is 11.3 Å². The fourth-order valence-corrected chi connectivity index (χ4v) is 2.03. The van der Waals surface area contributed by atoms with Crippen LogP contribution < -0.4 is 5.32 Å². The van der Waals surface area contributed by atoms with E-state index in [-0.39, 0.29) is 0 Å². The van der Waals surface area contributed by atoms with Gasteiger partial charge in [-0.2, -0.15) is 0 Å².